The van der Waals surface area contributed by atoms with Gasteiger partial charge in [0, 0.05) is 6.42 Å². The molecular weight excluding hydrogens is 300 g/mol. The van der Waals surface area contributed by atoms with E-state index in [0.717, 1.165) is 38.7 Å². The number of aliphatic carboxylic acids is 1. The van der Waals surface area contributed by atoms with Crippen LogP contribution in [0.5, 0.6) is 0 Å². The fourth-order valence-electron chi connectivity index (χ4n) is 3.08. The molecule has 0 aliphatic heterocycles. The van der Waals surface area contributed by atoms with Crippen LogP contribution in [0.3, 0.4) is 0 Å². The minimum Gasteiger partial charge on any atom is -0.481 e. The first-order valence-corrected chi connectivity index (χ1v) is 8.89. The van der Waals surface area contributed by atoms with E-state index in [9.17, 15) is 4.79 Å². The lowest BCUT2D eigenvalue weighted by Crippen LogP contribution is -2.21. The van der Waals surface area contributed by atoms with Gasteiger partial charge in [0.2, 0.25) is 0 Å². The van der Waals surface area contributed by atoms with Crippen LogP contribution >= 0.6 is 0 Å². The number of unbranched alkanes of at least 4 members (excludes halogenated alkanes) is 1. The van der Waals surface area contributed by atoms with Gasteiger partial charge in [-0.25, -0.2) is 0 Å². The summed E-state index contributed by atoms with van der Waals surface area (Å²) in [6.45, 7) is 1.48. The summed E-state index contributed by atoms with van der Waals surface area (Å²) < 4.78 is 5.94. The maximum absolute atomic E-state index is 10.5. The molecule has 3 heteroatoms. The average molecular weight is 328 g/mol. The summed E-state index contributed by atoms with van der Waals surface area (Å²) in [7, 11) is 0. The summed E-state index contributed by atoms with van der Waals surface area (Å²) in [5, 5.41) is 8.63. The molecule has 0 radical (unpaired) electrons. The number of allylic oxidation sites excluding steroid dienone is 4. The summed E-state index contributed by atoms with van der Waals surface area (Å²) in [6.07, 6.45) is 14.0. The molecule has 0 spiro atoms. The number of ether oxygens (including phenoxy) is 1. The van der Waals surface area contributed by atoms with Gasteiger partial charge < -0.3 is 9.84 Å². The summed E-state index contributed by atoms with van der Waals surface area (Å²) in [6, 6.07) is 10.3. The lowest BCUT2D eigenvalue weighted by Gasteiger charge is -2.27. The fourth-order valence-corrected chi connectivity index (χ4v) is 3.08. The molecule has 1 aromatic carbocycles. The van der Waals surface area contributed by atoms with E-state index in [1.165, 1.54) is 5.56 Å². The zero-order valence-corrected chi connectivity index (χ0v) is 14.3. The largest absolute Gasteiger partial charge is 0.481 e. The van der Waals surface area contributed by atoms with Crippen molar-refractivity contribution < 1.29 is 14.6 Å². The van der Waals surface area contributed by atoms with Crippen LogP contribution in [-0.4, -0.2) is 17.7 Å². The van der Waals surface area contributed by atoms with E-state index < -0.39 is 5.97 Å². The van der Waals surface area contributed by atoms with Gasteiger partial charge in [-0.05, 0) is 49.5 Å². The van der Waals surface area contributed by atoms with Gasteiger partial charge in [-0.3, -0.25) is 4.79 Å². The van der Waals surface area contributed by atoms with Crippen LogP contribution in [0.1, 0.15) is 44.1 Å². The van der Waals surface area contributed by atoms with Gasteiger partial charge in [0.1, 0.15) is 0 Å². The van der Waals surface area contributed by atoms with Crippen molar-refractivity contribution in [2.45, 2.75) is 45.1 Å². The smallest absolute Gasteiger partial charge is 0.303 e. The SMILES string of the molecule is O=C(O)CCCC=CC[C@H]1CC=CC[C@H]1COCc1ccccc1. The molecule has 1 aromatic rings. The van der Waals surface area contributed by atoms with Gasteiger partial charge >= 0.3 is 5.97 Å². The number of carboxylic acids is 1. The van der Waals surface area contributed by atoms with E-state index in [0.29, 0.717) is 18.4 Å². The third-order valence-electron chi connectivity index (χ3n) is 4.52. The van der Waals surface area contributed by atoms with Crippen LogP contribution in [0, 0.1) is 11.8 Å². The molecule has 2 atom stereocenters. The molecule has 130 valence electrons. The quantitative estimate of drug-likeness (QED) is 0.486. The predicted molar refractivity (Wildman–Crippen MR) is 96.7 cm³/mol. The molecule has 0 amide bonds. The Labute approximate surface area is 145 Å². The van der Waals surface area contributed by atoms with Crippen LogP contribution in [0.4, 0.5) is 0 Å². The fraction of sp³-hybridized carbons (Fsp3) is 0.476. The molecule has 0 saturated carbocycles. The Bertz CT molecular complexity index is 533. The molecule has 24 heavy (non-hydrogen) atoms. The summed E-state index contributed by atoms with van der Waals surface area (Å²) in [5.41, 5.74) is 1.22. The maximum Gasteiger partial charge on any atom is 0.303 e. The molecular formula is C21H28O3. The van der Waals surface area contributed by atoms with Crippen LogP contribution in [0.2, 0.25) is 0 Å². The standard InChI is InChI=1S/C21H28O3/c22-21(23)15-7-2-1-6-12-19-13-8-9-14-20(19)17-24-16-18-10-4-3-5-11-18/h1,3-6,8-11,19-20H,2,7,12-17H2,(H,22,23)/t19-,20-/m0/s1. The van der Waals surface area contributed by atoms with E-state index in [-0.39, 0.29) is 6.42 Å². The zero-order valence-electron chi connectivity index (χ0n) is 14.3. The second kappa shape index (κ2) is 10.8. The minimum atomic E-state index is -0.712. The molecule has 0 bridgehead atoms. The Hall–Kier alpha value is -1.87. The van der Waals surface area contributed by atoms with E-state index >= 15 is 0 Å². The van der Waals surface area contributed by atoms with Gasteiger partial charge in [-0.2, -0.15) is 0 Å². The van der Waals surface area contributed by atoms with E-state index in [1.54, 1.807) is 0 Å². The summed E-state index contributed by atoms with van der Waals surface area (Å²) in [4.78, 5) is 10.5. The highest BCUT2D eigenvalue weighted by molar-refractivity contribution is 5.66. The van der Waals surface area contributed by atoms with Crippen LogP contribution < -0.4 is 0 Å². The molecule has 0 unspecified atom stereocenters. The minimum absolute atomic E-state index is 0.256. The molecule has 2 rings (SSSR count). The van der Waals surface area contributed by atoms with Gasteiger partial charge in [-0.15, -0.1) is 0 Å². The Morgan fingerprint density at radius 2 is 1.88 bits per heavy atom. The van der Waals surface area contributed by atoms with Crippen LogP contribution in [0.15, 0.2) is 54.6 Å². The molecule has 0 fully saturated rings. The molecule has 3 nitrogen and oxygen atoms in total. The highest BCUT2D eigenvalue weighted by Gasteiger charge is 2.21. The van der Waals surface area contributed by atoms with E-state index in [4.69, 9.17) is 9.84 Å². The van der Waals surface area contributed by atoms with Crippen molar-refractivity contribution in [1.82, 2.24) is 0 Å². The average Bonchev–Trinajstić information content (AvgIpc) is 2.60. The highest BCUT2D eigenvalue weighted by Crippen LogP contribution is 2.29. The topological polar surface area (TPSA) is 46.5 Å². The third-order valence-corrected chi connectivity index (χ3v) is 4.52. The Kier molecular flexibility index (Phi) is 8.33. The molecule has 1 aliphatic carbocycles. The Balaban J connectivity index is 1.69. The van der Waals surface area contributed by atoms with Crippen molar-refractivity contribution >= 4 is 5.97 Å². The molecule has 1 aliphatic rings. The zero-order chi connectivity index (χ0) is 17.0. The van der Waals surface area contributed by atoms with Crippen molar-refractivity contribution in [2.24, 2.45) is 11.8 Å². The van der Waals surface area contributed by atoms with Crippen molar-refractivity contribution in [3.63, 3.8) is 0 Å². The van der Waals surface area contributed by atoms with E-state index in [2.05, 4.69) is 36.4 Å². The van der Waals surface area contributed by atoms with Gasteiger partial charge in [0.15, 0.2) is 0 Å². The predicted octanol–water partition coefficient (Wildman–Crippen LogP) is 4.99. The molecule has 0 heterocycles. The number of hydrogen-bond donors (Lipinski definition) is 1. The molecule has 0 aromatic heterocycles. The number of rotatable bonds is 10. The highest BCUT2D eigenvalue weighted by atomic mass is 16.5. The monoisotopic (exact) mass is 328 g/mol. The summed E-state index contributed by atoms with van der Waals surface area (Å²) >= 11 is 0. The summed E-state index contributed by atoms with van der Waals surface area (Å²) in [5.74, 6) is 0.486. The molecule has 1 N–H and O–H groups in total. The number of carboxylic acid groups (broad SMARTS) is 1. The van der Waals surface area contributed by atoms with Crippen LogP contribution in [-0.2, 0) is 16.1 Å². The first-order chi connectivity index (χ1) is 11.8. The lowest BCUT2D eigenvalue weighted by molar-refractivity contribution is -0.137. The van der Waals surface area contributed by atoms with Crippen LogP contribution in [0.25, 0.3) is 0 Å². The maximum atomic E-state index is 10.5. The van der Waals surface area contributed by atoms with Gasteiger partial charge in [0.05, 0.1) is 13.2 Å². The third kappa shape index (κ3) is 7.14. The van der Waals surface area contributed by atoms with Gasteiger partial charge in [0.25, 0.3) is 0 Å². The molecule has 0 saturated heterocycles. The first-order valence-electron chi connectivity index (χ1n) is 8.89. The van der Waals surface area contributed by atoms with Crippen molar-refractivity contribution in [1.29, 1.82) is 0 Å². The number of carbonyl (C=O) groups is 1. The number of benzene rings is 1. The Morgan fingerprint density at radius 3 is 2.62 bits per heavy atom. The van der Waals surface area contributed by atoms with Crippen molar-refractivity contribution in [3.05, 3.63) is 60.2 Å². The van der Waals surface area contributed by atoms with E-state index in [1.807, 2.05) is 18.2 Å². The van der Waals surface area contributed by atoms with Gasteiger partial charge in [-0.1, -0.05) is 54.6 Å². The number of hydrogen-bond acceptors (Lipinski definition) is 2. The first kappa shape index (κ1) is 18.5. The lowest BCUT2D eigenvalue weighted by atomic mass is 9.81. The second-order valence-electron chi connectivity index (χ2n) is 6.46. The second-order valence-corrected chi connectivity index (χ2v) is 6.46. The normalized spacial score (nSPS) is 20.5. The Morgan fingerprint density at radius 1 is 1.12 bits per heavy atom. The van der Waals surface area contributed by atoms with Crippen molar-refractivity contribution in [2.75, 3.05) is 6.61 Å². The van der Waals surface area contributed by atoms with Crippen molar-refractivity contribution in [3.8, 4) is 0 Å².